The third kappa shape index (κ3) is 2.42. The van der Waals surface area contributed by atoms with Crippen LogP contribution in [0.3, 0.4) is 0 Å². The summed E-state index contributed by atoms with van der Waals surface area (Å²) in [7, 11) is 1.63. The summed E-state index contributed by atoms with van der Waals surface area (Å²) in [6.45, 7) is 4.71. The van der Waals surface area contributed by atoms with Gasteiger partial charge in [0.25, 0.3) is 5.56 Å². The molecule has 0 atom stereocenters. The number of fused-ring (bicyclic) bond motifs is 3. The number of benzene rings is 1. The number of halogens is 1. The normalized spacial score (nSPS) is 11.9. The molecule has 0 spiro atoms. The zero-order chi connectivity index (χ0) is 18.6. The summed E-state index contributed by atoms with van der Waals surface area (Å²) in [6, 6.07) is 7.65. The molecular formula is C17H17BrN6O2. The van der Waals surface area contributed by atoms with Gasteiger partial charge in [0.2, 0.25) is 5.78 Å². The van der Waals surface area contributed by atoms with Gasteiger partial charge in [-0.05, 0) is 18.1 Å². The van der Waals surface area contributed by atoms with Crippen LogP contribution in [0.2, 0.25) is 0 Å². The molecule has 0 radical (unpaired) electrons. The molecule has 8 nitrogen and oxygen atoms in total. The van der Waals surface area contributed by atoms with Gasteiger partial charge in [-0.3, -0.25) is 14.3 Å². The molecular weight excluding hydrogens is 400 g/mol. The predicted octanol–water partition coefficient (Wildman–Crippen LogP) is 2.16. The zero-order valence-corrected chi connectivity index (χ0v) is 16.1. The van der Waals surface area contributed by atoms with E-state index >= 15 is 0 Å². The van der Waals surface area contributed by atoms with Crippen LogP contribution in [0, 0.1) is 5.92 Å². The van der Waals surface area contributed by atoms with E-state index in [0.29, 0.717) is 35.2 Å². The zero-order valence-electron chi connectivity index (χ0n) is 14.5. The molecule has 3 aromatic heterocycles. The standard InChI is InChI=1S/C17H17BrN6O2/c1-9(2)8-23-12-14(25)19-17(26)22(3)15(12)24-13(20-21-16(23)24)10-4-6-11(18)7-5-10/h4-7,9H,8H2,1-3H3,(H,19,25,26). The van der Waals surface area contributed by atoms with Gasteiger partial charge in [0, 0.05) is 23.6 Å². The maximum atomic E-state index is 12.6. The number of nitrogens with zero attached hydrogens (tertiary/aromatic N) is 5. The van der Waals surface area contributed by atoms with Gasteiger partial charge in [-0.2, -0.15) is 0 Å². The van der Waals surface area contributed by atoms with E-state index in [1.165, 1.54) is 4.57 Å². The van der Waals surface area contributed by atoms with Gasteiger partial charge in [0.1, 0.15) is 0 Å². The first kappa shape index (κ1) is 16.8. The Kier molecular flexibility index (Phi) is 3.83. The fourth-order valence-corrected chi connectivity index (χ4v) is 3.43. The number of aromatic amines is 1. The Labute approximate surface area is 156 Å². The first-order valence-corrected chi connectivity index (χ1v) is 9.00. The first-order valence-electron chi connectivity index (χ1n) is 8.21. The van der Waals surface area contributed by atoms with Gasteiger partial charge in [0.05, 0.1) is 0 Å². The Morgan fingerprint density at radius 3 is 2.50 bits per heavy atom. The summed E-state index contributed by atoms with van der Waals surface area (Å²) in [5.74, 6) is 1.41. The summed E-state index contributed by atoms with van der Waals surface area (Å²) in [6.07, 6.45) is 0. The Balaban J connectivity index is 2.19. The van der Waals surface area contributed by atoms with Crippen LogP contribution in [0.15, 0.2) is 38.3 Å². The van der Waals surface area contributed by atoms with Crippen molar-refractivity contribution < 1.29 is 0 Å². The van der Waals surface area contributed by atoms with Crippen molar-refractivity contribution in [2.75, 3.05) is 0 Å². The number of hydrogen-bond acceptors (Lipinski definition) is 4. The van der Waals surface area contributed by atoms with E-state index in [1.807, 2.05) is 28.8 Å². The number of imidazole rings is 1. The van der Waals surface area contributed by atoms with Crippen molar-refractivity contribution in [2.24, 2.45) is 13.0 Å². The average molecular weight is 417 g/mol. The third-order valence-corrected chi connectivity index (χ3v) is 4.82. The molecule has 0 saturated heterocycles. The predicted molar refractivity (Wildman–Crippen MR) is 102 cm³/mol. The van der Waals surface area contributed by atoms with Crippen molar-refractivity contribution in [1.29, 1.82) is 0 Å². The summed E-state index contributed by atoms with van der Waals surface area (Å²) in [5.41, 5.74) is 0.857. The highest BCUT2D eigenvalue weighted by Gasteiger charge is 2.23. The van der Waals surface area contributed by atoms with Crippen molar-refractivity contribution in [2.45, 2.75) is 20.4 Å². The lowest BCUT2D eigenvalue weighted by molar-refractivity contribution is 0.539. The molecule has 3 heterocycles. The van der Waals surface area contributed by atoms with Crippen LogP contribution in [0.25, 0.3) is 28.3 Å². The molecule has 0 unspecified atom stereocenters. The van der Waals surface area contributed by atoms with Gasteiger partial charge < -0.3 is 4.57 Å². The van der Waals surface area contributed by atoms with Crippen molar-refractivity contribution in [3.05, 3.63) is 49.6 Å². The lowest BCUT2D eigenvalue weighted by Crippen LogP contribution is -2.29. The van der Waals surface area contributed by atoms with E-state index in [1.54, 1.807) is 11.4 Å². The maximum absolute atomic E-state index is 12.6. The van der Waals surface area contributed by atoms with Gasteiger partial charge >= 0.3 is 5.69 Å². The topological polar surface area (TPSA) is 90.0 Å². The van der Waals surface area contributed by atoms with E-state index in [0.717, 1.165) is 10.0 Å². The lowest BCUT2D eigenvalue weighted by atomic mass is 10.2. The van der Waals surface area contributed by atoms with E-state index in [-0.39, 0.29) is 0 Å². The highest BCUT2D eigenvalue weighted by molar-refractivity contribution is 9.10. The minimum Gasteiger partial charge on any atom is -0.302 e. The second kappa shape index (κ2) is 5.94. The average Bonchev–Trinajstić information content (AvgIpc) is 3.13. The number of rotatable bonds is 3. The van der Waals surface area contributed by atoms with E-state index in [9.17, 15) is 9.59 Å². The molecule has 9 heteroatoms. The third-order valence-electron chi connectivity index (χ3n) is 4.29. The molecule has 0 amide bonds. The molecule has 0 saturated carbocycles. The van der Waals surface area contributed by atoms with Crippen LogP contribution in [0.4, 0.5) is 0 Å². The molecule has 0 aliphatic rings. The molecule has 4 rings (SSSR count). The van der Waals surface area contributed by atoms with Crippen molar-refractivity contribution in [3.8, 4) is 11.4 Å². The van der Waals surface area contributed by atoms with E-state index in [2.05, 4.69) is 45.0 Å². The molecule has 1 N–H and O–H groups in total. The molecule has 0 aliphatic carbocycles. The first-order chi connectivity index (χ1) is 12.4. The molecule has 134 valence electrons. The second-order valence-electron chi connectivity index (χ2n) is 6.66. The summed E-state index contributed by atoms with van der Waals surface area (Å²) in [4.78, 5) is 27.1. The fourth-order valence-electron chi connectivity index (χ4n) is 3.17. The highest BCUT2D eigenvalue weighted by atomic mass is 79.9. The molecule has 4 aromatic rings. The molecule has 0 bridgehead atoms. The number of hydrogen-bond donors (Lipinski definition) is 1. The highest BCUT2D eigenvalue weighted by Crippen LogP contribution is 2.25. The summed E-state index contributed by atoms with van der Waals surface area (Å²) >= 11 is 3.42. The number of nitrogens with one attached hydrogen (secondary N) is 1. The van der Waals surface area contributed by atoms with Crippen molar-refractivity contribution in [1.82, 2.24) is 28.7 Å². The Morgan fingerprint density at radius 1 is 1.15 bits per heavy atom. The SMILES string of the molecule is CC(C)Cn1c2c(=O)[nH]c(=O)n(C)c2n2c(-c3ccc(Br)cc3)nnc12. The minimum absolute atomic E-state index is 0.291. The Hall–Kier alpha value is -2.68. The van der Waals surface area contributed by atoms with Crippen LogP contribution in [-0.4, -0.2) is 28.7 Å². The molecule has 0 aliphatic heterocycles. The van der Waals surface area contributed by atoms with Crippen molar-refractivity contribution >= 4 is 32.9 Å². The van der Waals surface area contributed by atoms with Gasteiger partial charge in [-0.15, -0.1) is 10.2 Å². The molecule has 1 aromatic carbocycles. The lowest BCUT2D eigenvalue weighted by Gasteiger charge is -2.07. The van der Waals surface area contributed by atoms with Gasteiger partial charge in [-0.25, -0.2) is 9.20 Å². The van der Waals surface area contributed by atoms with Gasteiger partial charge in [-0.1, -0.05) is 41.9 Å². The van der Waals surface area contributed by atoms with Crippen molar-refractivity contribution in [3.63, 3.8) is 0 Å². The number of H-pyrrole nitrogens is 1. The monoisotopic (exact) mass is 416 g/mol. The maximum Gasteiger partial charge on any atom is 0.329 e. The molecule has 26 heavy (non-hydrogen) atoms. The van der Waals surface area contributed by atoms with E-state index in [4.69, 9.17) is 0 Å². The minimum atomic E-state index is -0.471. The quantitative estimate of drug-likeness (QED) is 0.553. The van der Waals surface area contributed by atoms with Crippen LogP contribution in [0.1, 0.15) is 13.8 Å². The van der Waals surface area contributed by atoms with Crippen LogP contribution in [0.5, 0.6) is 0 Å². The van der Waals surface area contributed by atoms with Crippen LogP contribution in [-0.2, 0) is 13.6 Å². The molecule has 0 fully saturated rings. The van der Waals surface area contributed by atoms with Gasteiger partial charge in [0.15, 0.2) is 17.0 Å². The summed E-state index contributed by atoms with van der Waals surface area (Å²) < 4.78 is 5.98. The Bertz CT molecular complexity index is 1240. The van der Waals surface area contributed by atoms with Crippen LogP contribution >= 0.6 is 15.9 Å². The largest absolute Gasteiger partial charge is 0.329 e. The fraction of sp³-hybridized carbons (Fsp3) is 0.294. The van der Waals surface area contributed by atoms with E-state index < -0.39 is 11.2 Å². The van der Waals surface area contributed by atoms with Crippen LogP contribution < -0.4 is 11.2 Å². The Morgan fingerprint density at radius 2 is 1.85 bits per heavy atom. The number of aromatic nitrogens is 6. The second-order valence-corrected chi connectivity index (χ2v) is 7.58. The smallest absolute Gasteiger partial charge is 0.302 e. The number of aryl methyl sites for hydroxylation is 1. The summed E-state index contributed by atoms with van der Waals surface area (Å²) in [5, 5.41) is 8.64.